The highest BCUT2D eigenvalue weighted by atomic mass is 32.2. The van der Waals surface area contributed by atoms with Gasteiger partial charge in [0.15, 0.2) is 15.5 Å². The van der Waals surface area contributed by atoms with Gasteiger partial charge in [0.1, 0.15) is 0 Å². The number of sulfone groups is 1. The highest BCUT2D eigenvalue weighted by Gasteiger charge is 2.63. The second kappa shape index (κ2) is 3.36. The summed E-state index contributed by atoms with van der Waals surface area (Å²) < 4.78 is 61.4. The third kappa shape index (κ3) is 2.09. The van der Waals surface area contributed by atoms with Crippen molar-refractivity contribution in [2.24, 2.45) is 0 Å². The van der Waals surface area contributed by atoms with Gasteiger partial charge in [0.2, 0.25) is 0 Å². The summed E-state index contributed by atoms with van der Waals surface area (Å²) in [6.07, 6.45) is -1.05. The zero-order chi connectivity index (χ0) is 11.9. The Hall–Kier alpha value is -0.790. The van der Waals surface area contributed by atoms with Crippen LogP contribution in [0.1, 0.15) is 12.8 Å². The number of rotatable bonds is 2. The molecule has 1 unspecified atom stereocenters. The highest BCUT2D eigenvalue weighted by molar-refractivity contribution is 7.91. The Morgan fingerprint density at radius 1 is 1.40 bits per heavy atom. The first kappa shape index (κ1) is 12.3. The van der Waals surface area contributed by atoms with Crippen molar-refractivity contribution in [3.05, 3.63) is 0 Å². The Kier molecular flexibility index (Phi) is 2.75. The van der Waals surface area contributed by atoms with E-state index in [2.05, 4.69) is 0 Å². The summed E-state index contributed by atoms with van der Waals surface area (Å²) in [5.74, 6) is -9.11. The molecule has 1 fully saturated rings. The van der Waals surface area contributed by atoms with Crippen molar-refractivity contribution in [2.45, 2.75) is 24.4 Å². The van der Waals surface area contributed by atoms with Gasteiger partial charge in [-0.2, -0.15) is 8.78 Å². The van der Waals surface area contributed by atoms with Crippen LogP contribution in [-0.4, -0.2) is 42.6 Å². The standard InChI is InChI=1S/C7H9F3O4S/c8-6(7(9,10)5(11)12)2-1-3-15(13,14)4-6/h1-4H2,(H,11,12). The van der Waals surface area contributed by atoms with Gasteiger partial charge in [-0.15, -0.1) is 0 Å². The van der Waals surface area contributed by atoms with Crippen molar-refractivity contribution >= 4 is 15.8 Å². The average molecular weight is 246 g/mol. The van der Waals surface area contributed by atoms with Gasteiger partial charge in [0.05, 0.1) is 11.5 Å². The van der Waals surface area contributed by atoms with Gasteiger partial charge in [-0.25, -0.2) is 17.6 Å². The normalized spacial score (nSPS) is 31.1. The Morgan fingerprint density at radius 2 is 1.93 bits per heavy atom. The van der Waals surface area contributed by atoms with Crippen molar-refractivity contribution in [3.8, 4) is 0 Å². The van der Waals surface area contributed by atoms with Crippen molar-refractivity contribution in [1.82, 2.24) is 0 Å². The topological polar surface area (TPSA) is 71.4 Å². The lowest BCUT2D eigenvalue weighted by Gasteiger charge is -2.33. The number of carboxylic acids is 1. The monoisotopic (exact) mass is 246 g/mol. The minimum absolute atomic E-state index is 0.290. The van der Waals surface area contributed by atoms with E-state index in [1.54, 1.807) is 0 Å². The number of carbonyl (C=O) groups is 1. The van der Waals surface area contributed by atoms with Gasteiger partial charge < -0.3 is 5.11 Å². The Labute approximate surface area is 84.0 Å². The fourth-order valence-corrected chi connectivity index (χ4v) is 3.26. The average Bonchev–Trinajstić information content (AvgIpc) is 2.00. The largest absolute Gasteiger partial charge is 0.477 e. The summed E-state index contributed by atoms with van der Waals surface area (Å²) in [5, 5.41) is 8.14. The first-order chi connectivity index (χ1) is 6.61. The first-order valence-corrected chi connectivity index (χ1v) is 5.93. The highest BCUT2D eigenvalue weighted by Crippen LogP contribution is 2.40. The predicted octanol–water partition coefficient (Wildman–Crippen LogP) is 0.623. The fraction of sp³-hybridized carbons (Fsp3) is 0.857. The third-order valence-electron chi connectivity index (χ3n) is 2.31. The number of alkyl halides is 3. The minimum Gasteiger partial charge on any atom is -0.477 e. The van der Waals surface area contributed by atoms with E-state index in [-0.39, 0.29) is 12.2 Å². The lowest BCUT2D eigenvalue weighted by atomic mass is 9.94. The molecule has 0 bridgehead atoms. The summed E-state index contributed by atoms with van der Waals surface area (Å²) in [6, 6.07) is 0. The van der Waals surface area contributed by atoms with E-state index in [1.807, 2.05) is 0 Å². The number of carboxylic acid groups (broad SMARTS) is 1. The van der Waals surface area contributed by atoms with E-state index in [0.717, 1.165) is 0 Å². The molecule has 15 heavy (non-hydrogen) atoms. The van der Waals surface area contributed by atoms with Crippen molar-refractivity contribution in [3.63, 3.8) is 0 Å². The summed E-state index contributed by atoms with van der Waals surface area (Å²) >= 11 is 0. The van der Waals surface area contributed by atoms with E-state index in [1.165, 1.54) is 0 Å². The second-order valence-electron chi connectivity index (χ2n) is 3.54. The molecule has 8 heteroatoms. The SMILES string of the molecule is O=C(O)C(F)(F)C1(F)CCCS(=O)(=O)C1. The van der Waals surface area contributed by atoms with Gasteiger partial charge >= 0.3 is 11.9 Å². The van der Waals surface area contributed by atoms with Crippen molar-refractivity contribution < 1.29 is 31.5 Å². The molecule has 0 aromatic carbocycles. The molecule has 1 N–H and O–H groups in total. The lowest BCUT2D eigenvalue weighted by molar-refractivity contribution is -0.189. The number of aliphatic carboxylic acids is 1. The van der Waals surface area contributed by atoms with Crippen LogP contribution >= 0.6 is 0 Å². The molecule has 4 nitrogen and oxygen atoms in total. The number of hydrogen-bond acceptors (Lipinski definition) is 3. The van der Waals surface area contributed by atoms with Gasteiger partial charge in [-0.3, -0.25) is 0 Å². The molecule has 0 spiro atoms. The maximum Gasteiger partial charge on any atom is 0.378 e. The van der Waals surface area contributed by atoms with Gasteiger partial charge in [0.25, 0.3) is 0 Å². The molecule has 1 rings (SSSR count). The summed E-state index contributed by atoms with van der Waals surface area (Å²) in [7, 11) is -3.93. The molecular weight excluding hydrogens is 237 g/mol. The van der Waals surface area contributed by atoms with Gasteiger partial charge in [0, 0.05) is 0 Å². The van der Waals surface area contributed by atoms with E-state index < -0.39 is 39.6 Å². The third-order valence-corrected chi connectivity index (χ3v) is 4.12. The molecule has 1 aliphatic heterocycles. The molecular formula is C7H9F3O4S. The minimum atomic E-state index is -4.67. The quantitative estimate of drug-likeness (QED) is 0.775. The maximum absolute atomic E-state index is 13.6. The zero-order valence-corrected chi connectivity index (χ0v) is 8.36. The van der Waals surface area contributed by atoms with Crippen LogP contribution < -0.4 is 0 Å². The van der Waals surface area contributed by atoms with Crippen molar-refractivity contribution in [2.75, 3.05) is 11.5 Å². The van der Waals surface area contributed by atoms with Crippen LogP contribution in [-0.2, 0) is 14.6 Å². The molecule has 1 saturated heterocycles. The van der Waals surface area contributed by atoms with E-state index >= 15 is 0 Å². The Morgan fingerprint density at radius 3 is 2.33 bits per heavy atom. The Bertz CT molecular complexity index is 378. The molecule has 0 amide bonds. The lowest BCUT2D eigenvalue weighted by Crippen LogP contribution is -2.56. The van der Waals surface area contributed by atoms with Crippen LogP contribution in [0.25, 0.3) is 0 Å². The second-order valence-corrected chi connectivity index (χ2v) is 5.72. The molecule has 88 valence electrons. The van der Waals surface area contributed by atoms with Crippen LogP contribution in [0.2, 0.25) is 0 Å². The van der Waals surface area contributed by atoms with Crippen LogP contribution in [0.15, 0.2) is 0 Å². The summed E-state index contributed by atoms with van der Waals surface area (Å²) in [4.78, 5) is 10.2. The molecule has 1 atom stereocenters. The smallest absolute Gasteiger partial charge is 0.378 e. The molecule has 0 aromatic rings. The van der Waals surface area contributed by atoms with E-state index in [9.17, 15) is 26.4 Å². The molecule has 0 radical (unpaired) electrons. The van der Waals surface area contributed by atoms with Crippen LogP contribution in [0, 0.1) is 0 Å². The molecule has 0 aromatic heterocycles. The predicted molar refractivity (Wildman–Crippen MR) is 44.3 cm³/mol. The first-order valence-electron chi connectivity index (χ1n) is 4.11. The molecule has 1 heterocycles. The van der Waals surface area contributed by atoms with E-state index in [0.29, 0.717) is 0 Å². The summed E-state index contributed by atoms with van der Waals surface area (Å²) in [5.41, 5.74) is -3.49. The number of halogens is 3. The Balaban J connectivity index is 3.07. The summed E-state index contributed by atoms with van der Waals surface area (Å²) in [6.45, 7) is 0. The molecule has 0 saturated carbocycles. The number of hydrogen-bond donors (Lipinski definition) is 1. The van der Waals surface area contributed by atoms with Gasteiger partial charge in [-0.1, -0.05) is 0 Å². The van der Waals surface area contributed by atoms with Crippen LogP contribution in [0.5, 0.6) is 0 Å². The van der Waals surface area contributed by atoms with Crippen molar-refractivity contribution in [1.29, 1.82) is 0 Å². The fourth-order valence-electron chi connectivity index (χ4n) is 1.50. The maximum atomic E-state index is 13.6. The molecule has 1 aliphatic rings. The van der Waals surface area contributed by atoms with E-state index in [4.69, 9.17) is 5.11 Å². The van der Waals surface area contributed by atoms with Crippen LogP contribution in [0.3, 0.4) is 0 Å². The zero-order valence-electron chi connectivity index (χ0n) is 7.54. The van der Waals surface area contributed by atoms with Gasteiger partial charge in [-0.05, 0) is 12.8 Å². The van der Waals surface area contributed by atoms with Crippen LogP contribution in [0.4, 0.5) is 13.2 Å². The molecule has 0 aliphatic carbocycles.